The number of hydrogen-bond acceptors (Lipinski definition) is 4. The number of rotatable bonds is 2. The Bertz CT molecular complexity index is 393. The topological polar surface area (TPSA) is 68.4 Å². The lowest BCUT2D eigenvalue weighted by Gasteiger charge is -2.41. The molecular formula is C13H20N2O2. The fourth-order valence-corrected chi connectivity index (χ4v) is 2.47. The van der Waals surface area contributed by atoms with Gasteiger partial charge in [-0.1, -0.05) is 6.92 Å². The van der Waals surface area contributed by atoms with Crippen molar-refractivity contribution in [1.82, 2.24) is 4.98 Å². The van der Waals surface area contributed by atoms with Crippen LogP contribution in [0.25, 0.3) is 0 Å². The van der Waals surface area contributed by atoms with Gasteiger partial charge in [-0.25, -0.2) is 0 Å². The summed E-state index contributed by atoms with van der Waals surface area (Å²) < 4.78 is 5.96. The molecule has 1 saturated heterocycles. The summed E-state index contributed by atoms with van der Waals surface area (Å²) in [5.74, 6) is 0. The predicted octanol–water partition coefficient (Wildman–Crippen LogP) is 2.04. The maximum atomic E-state index is 10.2. The Morgan fingerprint density at radius 2 is 2.41 bits per heavy atom. The van der Waals surface area contributed by atoms with Gasteiger partial charge in [-0.15, -0.1) is 0 Å². The molecule has 3 N–H and O–H groups in total. The van der Waals surface area contributed by atoms with Gasteiger partial charge in [0.15, 0.2) is 0 Å². The second-order valence-corrected chi connectivity index (χ2v) is 4.92. The van der Waals surface area contributed by atoms with Crippen molar-refractivity contribution >= 4 is 5.69 Å². The standard InChI is InChI=1S/C13H20N2O2/c1-3-12-13(2,16)6-4-11(17-12)9-5-7-15-8-10(9)14/h5,7-8,11-12,16H,3-4,6,14H2,1-2H3. The molecule has 17 heavy (non-hydrogen) atoms. The van der Waals surface area contributed by atoms with Crippen molar-refractivity contribution in [2.24, 2.45) is 0 Å². The van der Waals surface area contributed by atoms with E-state index in [2.05, 4.69) is 4.98 Å². The molecule has 0 radical (unpaired) electrons. The first-order valence-corrected chi connectivity index (χ1v) is 6.12. The first-order chi connectivity index (χ1) is 8.04. The van der Waals surface area contributed by atoms with E-state index in [4.69, 9.17) is 10.5 Å². The molecule has 0 spiro atoms. The van der Waals surface area contributed by atoms with Gasteiger partial charge in [0.25, 0.3) is 0 Å². The third-order valence-corrected chi connectivity index (χ3v) is 3.54. The quantitative estimate of drug-likeness (QED) is 0.824. The zero-order valence-corrected chi connectivity index (χ0v) is 10.4. The fourth-order valence-electron chi connectivity index (χ4n) is 2.47. The van der Waals surface area contributed by atoms with Gasteiger partial charge in [0, 0.05) is 11.8 Å². The SMILES string of the molecule is CCC1OC(c2ccncc2N)CCC1(C)O. The van der Waals surface area contributed by atoms with Crippen molar-refractivity contribution in [2.45, 2.75) is 50.9 Å². The number of aromatic nitrogens is 1. The summed E-state index contributed by atoms with van der Waals surface area (Å²) in [6.07, 6.45) is 5.54. The van der Waals surface area contributed by atoms with Crippen LogP contribution in [0.2, 0.25) is 0 Å². The van der Waals surface area contributed by atoms with Crippen LogP contribution in [0.3, 0.4) is 0 Å². The number of ether oxygens (including phenoxy) is 1. The Kier molecular flexibility index (Phi) is 3.35. The lowest BCUT2D eigenvalue weighted by atomic mass is 9.85. The molecule has 2 heterocycles. The zero-order valence-electron chi connectivity index (χ0n) is 10.4. The van der Waals surface area contributed by atoms with E-state index in [9.17, 15) is 5.11 Å². The number of nitrogens with zero attached hydrogens (tertiary/aromatic N) is 1. The van der Waals surface area contributed by atoms with Gasteiger partial charge in [0.05, 0.1) is 29.7 Å². The summed E-state index contributed by atoms with van der Waals surface area (Å²) in [6.45, 7) is 3.87. The molecule has 94 valence electrons. The van der Waals surface area contributed by atoms with E-state index < -0.39 is 5.60 Å². The summed E-state index contributed by atoms with van der Waals surface area (Å²) in [4.78, 5) is 3.98. The van der Waals surface area contributed by atoms with E-state index in [1.807, 2.05) is 19.9 Å². The van der Waals surface area contributed by atoms with E-state index in [0.29, 0.717) is 5.69 Å². The van der Waals surface area contributed by atoms with Crippen LogP contribution in [-0.4, -0.2) is 21.8 Å². The summed E-state index contributed by atoms with van der Waals surface area (Å²) in [7, 11) is 0. The van der Waals surface area contributed by atoms with Crippen molar-refractivity contribution in [3.8, 4) is 0 Å². The third-order valence-electron chi connectivity index (χ3n) is 3.54. The molecule has 0 aromatic carbocycles. The van der Waals surface area contributed by atoms with Gasteiger partial charge < -0.3 is 15.6 Å². The van der Waals surface area contributed by atoms with Crippen LogP contribution < -0.4 is 5.73 Å². The molecule has 0 bridgehead atoms. The van der Waals surface area contributed by atoms with E-state index >= 15 is 0 Å². The van der Waals surface area contributed by atoms with E-state index in [1.165, 1.54) is 0 Å². The molecule has 4 nitrogen and oxygen atoms in total. The molecule has 1 aliphatic rings. The Balaban J connectivity index is 2.18. The monoisotopic (exact) mass is 236 g/mol. The van der Waals surface area contributed by atoms with Crippen LogP contribution in [0.15, 0.2) is 18.5 Å². The van der Waals surface area contributed by atoms with Crippen molar-refractivity contribution in [3.05, 3.63) is 24.0 Å². The lowest BCUT2D eigenvalue weighted by molar-refractivity contribution is -0.169. The van der Waals surface area contributed by atoms with E-state index in [0.717, 1.165) is 24.8 Å². The van der Waals surface area contributed by atoms with Crippen molar-refractivity contribution in [3.63, 3.8) is 0 Å². The van der Waals surface area contributed by atoms with Gasteiger partial charge in [0.1, 0.15) is 0 Å². The molecule has 4 heteroatoms. The van der Waals surface area contributed by atoms with Crippen LogP contribution in [0.1, 0.15) is 44.8 Å². The summed E-state index contributed by atoms with van der Waals surface area (Å²) in [5.41, 5.74) is 6.81. The molecule has 0 saturated carbocycles. The lowest BCUT2D eigenvalue weighted by Crippen LogP contribution is -2.45. The van der Waals surface area contributed by atoms with Crippen molar-refractivity contribution in [2.75, 3.05) is 5.73 Å². The maximum absolute atomic E-state index is 10.2. The van der Waals surface area contributed by atoms with Crippen LogP contribution >= 0.6 is 0 Å². The Labute approximate surface area is 102 Å². The zero-order chi connectivity index (χ0) is 12.5. The highest BCUT2D eigenvalue weighted by molar-refractivity contribution is 5.45. The van der Waals surface area contributed by atoms with Crippen LogP contribution in [0, 0.1) is 0 Å². The van der Waals surface area contributed by atoms with Crippen molar-refractivity contribution in [1.29, 1.82) is 0 Å². The molecule has 1 aliphatic heterocycles. The first-order valence-electron chi connectivity index (χ1n) is 6.12. The molecule has 3 unspecified atom stereocenters. The predicted molar refractivity (Wildman–Crippen MR) is 66.4 cm³/mol. The highest BCUT2D eigenvalue weighted by Crippen LogP contribution is 2.39. The number of anilines is 1. The second-order valence-electron chi connectivity index (χ2n) is 4.92. The van der Waals surface area contributed by atoms with Crippen molar-refractivity contribution < 1.29 is 9.84 Å². The first kappa shape index (κ1) is 12.3. The van der Waals surface area contributed by atoms with Gasteiger partial charge in [-0.3, -0.25) is 4.98 Å². The minimum Gasteiger partial charge on any atom is -0.397 e. The molecule has 1 fully saturated rings. The fraction of sp³-hybridized carbons (Fsp3) is 0.615. The highest BCUT2D eigenvalue weighted by Gasteiger charge is 2.38. The average Bonchev–Trinajstić information content (AvgIpc) is 2.30. The number of aliphatic hydroxyl groups is 1. The average molecular weight is 236 g/mol. The van der Waals surface area contributed by atoms with E-state index in [-0.39, 0.29) is 12.2 Å². The Morgan fingerprint density at radius 1 is 1.65 bits per heavy atom. The highest BCUT2D eigenvalue weighted by atomic mass is 16.5. The van der Waals surface area contributed by atoms with Gasteiger partial charge in [-0.05, 0) is 32.3 Å². The second kappa shape index (κ2) is 4.63. The van der Waals surface area contributed by atoms with Gasteiger partial charge in [0.2, 0.25) is 0 Å². The number of hydrogen-bond donors (Lipinski definition) is 2. The summed E-state index contributed by atoms with van der Waals surface area (Å²) >= 11 is 0. The minimum atomic E-state index is -0.729. The molecular weight excluding hydrogens is 216 g/mol. The largest absolute Gasteiger partial charge is 0.397 e. The van der Waals surface area contributed by atoms with Crippen LogP contribution in [0.5, 0.6) is 0 Å². The number of nitrogen functional groups attached to an aromatic ring is 1. The summed E-state index contributed by atoms with van der Waals surface area (Å²) in [5, 5.41) is 10.2. The molecule has 3 atom stereocenters. The smallest absolute Gasteiger partial charge is 0.0881 e. The third kappa shape index (κ3) is 2.42. The number of nitrogens with two attached hydrogens (primary N) is 1. The normalized spacial score (nSPS) is 33.6. The van der Waals surface area contributed by atoms with Gasteiger partial charge in [-0.2, -0.15) is 0 Å². The molecule has 2 rings (SSSR count). The molecule has 0 aliphatic carbocycles. The Hall–Kier alpha value is -1.13. The van der Waals surface area contributed by atoms with Crippen LogP contribution in [0.4, 0.5) is 5.69 Å². The van der Waals surface area contributed by atoms with Crippen LogP contribution in [-0.2, 0) is 4.74 Å². The van der Waals surface area contributed by atoms with Gasteiger partial charge >= 0.3 is 0 Å². The Morgan fingerprint density at radius 3 is 3.06 bits per heavy atom. The molecule has 1 aromatic rings. The van der Waals surface area contributed by atoms with E-state index in [1.54, 1.807) is 12.4 Å². The minimum absolute atomic E-state index is 0.0248. The maximum Gasteiger partial charge on any atom is 0.0881 e. The number of pyridine rings is 1. The molecule has 1 aromatic heterocycles. The molecule has 0 amide bonds. The summed E-state index contributed by atoms with van der Waals surface area (Å²) in [6, 6.07) is 1.90.